The molecular formula is C14H29N3. The fourth-order valence-corrected chi connectivity index (χ4v) is 3.24. The van der Waals surface area contributed by atoms with Gasteiger partial charge in [-0.25, -0.2) is 0 Å². The van der Waals surface area contributed by atoms with Gasteiger partial charge in [-0.1, -0.05) is 20.3 Å². The molecule has 0 N–H and O–H groups in total. The predicted octanol–water partition coefficient (Wildman–Crippen LogP) is 1.85. The first-order valence-electron chi connectivity index (χ1n) is 7.52. The fourth-order valence-electron chi connectivity index (χ4n) is 3.24. The first-order chi connectivity index (χ1) is 8.33. The molecule has 0 saturated carbocycles. The number of fused-ring (bicyclic) bond motifs is 1. The number of piperidine rings is 1. The van der Waals surface area contributed by atoms with Crippen molar-refractivity contribution in [3.63, 3.8) is 0 Å². The third-order valence-electron chi connectivity index (χ3n) is 4.54. The maximum Gasteiger partial charge on any atom is 0.0509 e. The normalized spacial score (nSPS) is 27.4. The van der Waals surface area contributed by atoms with Crippen LogP contribution in [0.1, 0.15) is 39.5 Å². The molecule has 0 aromatic heterocycles. The zero-order valence-electron chi connectivity index (χ0n) is 11.7. The molecule has 2 heterocycles. The standard InChI is InChI=1S/C14H29N3/c1-3-15(4-2)11-12-16-10-8-14-7-5-6-9-17(14)13-16/h14H,3-13H2,1-2H3/t14-/m0/s1. The predicted molar refractivity (Wildman–Crippen MR) is 73.2 cm³/mol. The van der Waals surface area contributed by atoms with Crippen LogP contribution in [0, 0.1) is 0 Å². The van der Waals surface area contributed by atoms with Crippen molar-refractivity contribution in [2.24, 2.45) is 0 Å². The van der Waals surface area contributed by atoms with Gasteiger partial charge < -0.3 is 4.90 Å². The molecular weight excluding hydrogens is 210 g/mol. The lowest BCUT2D eigenvalue weighted by Gasteiger charge is -2.44. The number of hydrogen-bond acceptors (Lipinski definition) is 3. The minimum Gasteiger partial charge on any atom is -0.303 e. The molecule has 0 aliphatic carbocycles. The highest BCUT2D eigenvalue weighted by molar-refractivity contribution is 4.82. The zero-order valence-corrected chi connectivity index (χ0v) is 11.7. The number of rotatable bonds is 5. The summed E-state index contributed by atoms with van der Waals surface area (Å²) in [6.45, 7) is 13.3. The second-order valence-corrected chi connectivity index (χ2v) is 5.54. The third-order valence-corrected chi connectivity index (χ3v) is 4.54. The number of likely N-dealkylation sites (N-methyl/N-ethyl adjacent to an activating group) is 1. The molecule has 0 amide bonds. The Kier molecular flexibility index (Phi) is 5.26. The van der Waals surface area contributed by atoms with E-state index in [9.17, 15) is 0 Å². The summed E-state index contributed by atoms with van der Waals surface area (Å²) in [6.07, 6.45) is 5.73. The van der Waals surface area contributed by atoms with Crippen molar-refractivity contribution in [3.05, 3.63) is 0 Å². The van der Waals surface area contributed by atoms with Gasteiger partial charge in [-0.2, -0.15) is 0 Å². The first-order valence-corrected chi connectivity index (χ1v) is 7.52. The highest BCUT2D eigenvalue weighted by Crippen LogP contribution is 2.23. The smallest absolute Gasteiger partial charge is 0.0509 e. The van der Waals surface area contributed by atoms with Gasteiger partial charge in [-0.3, -0.25) is 9.80 Å². The van der Waals surface area contributed by atoms with Crippen molar-refractivity contribution in [2.45, 2.75) is 45.6 Å². The van der Waals surface area contributed by atoms with Crippen LogP contribution in [0.5, 0.6) is 0 Å². The molecule has 17 heavy (non-hydrogen) atoms. The first kappa shape index (κ1) is 13.3. The average Bonchev–Trinajstić information content (AvgIpc) is 2.40. The molecule has 0 radical (unpaired) electrons. The van der Waals surface area contributed by atoms with E-state index in [1.54, 1.807) is 0 Å². The summed E-state index contributed by atoms with van der Waals surface area (Å²) >= 11 is 0. The van der Waals surface area contributed by atoms with Gasteiger partial charge in [-0.05, 0) is 38.9 Å². The molecule has 2 aliphatic heterocycles. The molecule has 2 saturated heterocycles. The Hall–Kier alpha value is -0.120. The van der Waals surface area contributed by atoms with Gasteiger partial charge in [0.15, 0.2) is 0 Å². The van der Waals surface area contributed by atoms with Gasteiger partial charge in [0.05, 0.1) is 6.67 Å². The van der Waals surface area contributed by atoms with Gasteiger partial charge >= 0.3 is 0 Å². The van der Waals surface area contributed by atoms with Crippen molar-refractivity contribution < 1.29 is 0 Å². The largest absolute Gasteiger partial charge is 0.303 e. The molecule has 0 bridgehead atoms. The van der Waals surface area contributed by atoms with Crippen LogP contribution < -0.4 is 0 Å². The van der Waals surface area contributed by atoms with E-state index in [0.717, 1.165) is 6.04 Å². The minimum atomic E-state index is 0.911. The molecule has 2 fully saturated rings. The lowest BCUT2D eigenvalue weighted by atomic mass is 9.98. The summed E-state index contributed by atoms with van der Waals surface area (Å²) in [7, 11) is 0. The quantitative estimate of drug-likeness (QED) is 0.725. The summed E-state index contributed by atoms with van der Waals surface area (Å²) in [5.74, 6) is 0. The molecule has 0 unspecified atom stereocenters. The summed E-state index contributed by atoms with van der Waals surface area (Å²) in [6, 6.07) is 0.911. The molecule has 0 aromatic carbocycles. The Morgan fingerprint density at radius 2 is 1.88 bits per heavy atom. The Bertz CT molecular complexity index is 216. The number of nitrogens with zero attached hydrogens (tertiary/aromatic N) is 3. The lowest BCUT2D eigenvalue weighted by Crippen LogP contribution is -2.53. The SMILES string of the molecule is CCN(CC)CCN1CC[C@@H]2CCCCN2C1. The van der Waals surface area contributed by atoms with E-state index in [1.807, 2.05) is 0 Å². The maximum atomic E-state index is 2.72. The second kappa shape index (κ2) is 6.72. The molecule has 100 valence electrons. The monoisotopic (exact) mass is 239 g/mol. The third kappa shape index (κ3) is 3.67. The Labute approximate surface area is 107 Å². The van der Waals surface area contributed by atoms with Crippen LogP contribution in [0.25, 0.3) is 0 Å². The van der Waals surface area contributed by atoms with E-state index in [4.69, 9.17) is 0 Å². The van der Waals surface area contributed by atoms with E-state index >= 15 is 0 Å². The van der Waals surface area contributed by atoms with Crippen LogP contribution in [0.4, 0.5) is 0 Å². The van der Waals surface area contributed by atoms with Crippen molar-refractivity contribution in [2.75, 3.05) is 45.9 Å². The minimum absolute atomic E-state index is 0.911. The summed E-state index contributed by atoms with van der Waals surface area (Å²) in [4.78, 5) is 7.90. The highest BCUT2D eigenvalue weighted by Gasteiger charge is 2.28. The van der Waals surface area contributed by atoms with E-state index < -0.39 is 0 Å². The lowest BCUT2D eigenvalue weighted by molar-refractivity contribution is 0.0135. The van der Waals surface area contributed by atoms with Gasteiger partial charge in [0.25, 0.3) is 0 Å². The Morgan fingerprint density at radius 1 is 1.06 bits per heavy atom. The van der Waals surface area contributed by atoms with Crippen molar-refractivity contribution in [1.82, 2.24) is 14.7 Å². The molecule has 3 heteroatoms. The van der Waals surface area contributed by atoms with E-state index in [2.05, 4.69) is 28.5 Å². The van der Waals surface area contributed by atoms with Crippen LogP contribution >= 0.6 is 0 Å². The van der Waals surface area contributed by atoms with Gasteiger partial charge in [0.1, 0.15) is 0 Å². The average molecular weight is 239 g/mol. The van der Waals surface area contributed by atoms with E-state index in [-0.39, 0.29) is 0 Å². The summed E-state index contributed by atoms with van der Waals surface area (Å²) in [5, 5.41) is 0. The Balaban J connectivity index is 1.72. The van der Waals surface area contributed by atoms with Crippen LogP contribution in [-0.4, -0.2) is 66.7 Å². The molecule has 0 spiro atoms. The molecule has 0 aromatic rings. The fraction of sp³-hybridized carbons (Fsp3) is 1.00. The molecule has 2 aliphatic rings. The summed E-state index contributed by atoms with van der Waals surface area (Å²) < 4.78 is 0. The molecule has 2 rings (SSSR count). The second-order valence-electron chi connectivity index (χ2n) is 5.54. The Morgan fingerprint density at radius 3 is 2.65 bits per heavy atom. The summed E-state index contributed by atoms with van der Waals surface area (Å²) in [5.41, 5.74) is 0. The van der Waals surface area contributed by atoms with Crippen LogP contribution in [0.15, 0.2) is 0 Å². The van der Waals surface area contributed by atoms with Gasteiger partial charge in [0, 0.05) is 25.7 Å². The highest BCUT2D eigenvalue weighted by atomic mass is 15.4. The van der Waals surface area contributed by atoms with E-state index in [1.165, 1.54) is 71.6 Å². The molecule has 1 atom stereocenters. The van der Waals surface area contributed by atoms with Crippen molar-refractivity contribution >= 4 is 0 Å². The van der Waals surface area contributed by atoms with Crippen LogP contribution in [-0.2, 0) is 0 Å². The van der Waals surface area contributed by atoms with E-state index in [0.29, 0.717) is 0 Å². The van der Waals surface area contributed by atoms with Crippen molar-refractivity contribution in [1.29, 1.82) is 0 Å². The van der Waals surface area contributed by atoms with Gasteiger partial charge in [0.2, 0.25) is 0 Å². The topological polar surface area (TPSA) is 9.72 Å². The molecule has 3 nitrogen and oxygen atoms in total. The maximum absolute atomic E-state index is 2.72. The van der Waals surface area contributed by atoms with Crippen LogP contribution in [0.3, 0.4) is 0 Å². The zero-order chi connectivity index (χ0) is 12.1. The number of hydrogen-bond donors (Lipinski definition) is 0. The van der Waals surface area contributed by atoms with Crippen molar-refractivity contribution in [3.8, 4) is 0 Å². The van der Waals surface area contributed by atoms with Crippen LogP contribution in [0.2, 0.25) is 0 Å². The van der Waals surface area contributed by atoms with Gasteiger partial charge in [-0.15, -0.1) is 0 Å².